The zero-order valence-corrected chi connectivity index (χ0v) is 14.2. The van der Waals surface area contributed by atoms with Crippen LogP contribution in [0, 0.1) is 0 Å². The fourth-order valence-corrected chi connectivity index (χ4v) is 2.71. The van der Waals surface area contributed by atoms with Gasteiger partial charge in [-0.2, -0.15) is 0 Å². The number of unbranched alkanes of at least 4 members (excludes halogenated alkanes) is 2. The van der Waals surface area contributed by atoms with Crippen molar-refractivity contribution in [1.82, 2.24) is 4.98 Å². The lowest BCUT2D eigenvalue weighted by Gasteiger charge is -2.19. The smallest absolute Gasteiger partial charge is 0.317 e. The summed E-state index contributed by atoms with van der Waals surface area (Å²) in [5.41, 5.74) is 0.0538. The lowest BCUT2D eigenvalue weighted by molar-refractivity contribution is -0.148. The van der Waals surface area contributed by atoms with Crippen molar-refractivity contribution in [3.8, 4) is 0 Å². The number of thiazole rings is 1. The first-order chi connectivity index (χ1) is 10.0. The first-order valence-electron chi connectivity index (χ1n) is 7.38. The fourth-order valence-electron chi connectivity index (χ4n) is 1.80. The maximum absolute atomic E-state index is 11.9. The van der Waals surface area contributed by atoms with Crippen LogP contribution in [0.1, 0.15) is 45.7 Å². The van der Waals surface area contributed by atoms with E-state index in [1.807, 2.05) is 26.2 Å². The molecule has 21 heavy (non-hydrogen) atoms. The Morgan fingerprint density at radius 2 is 2.14 bits per heavy atom. The average Bonchev–Trinajstić information content (AvgIpc) is 2.92. The summed E-state index contributed by atoms with van der Waals surface area (Å²) in [6.45, 7) is 7.58. The summed E-state index contributed by atoms with van der Waals surface area (Å²) in [7, 11) is 1.72. The third-order valence-corrected chi connectivity index (χ3v) is 4.03. The van der Waals surface area contributed by atoms with E-state index in [-0.39, 0.29) is 5.97 Å². The molecule has 0 aromatic carbocycles. The summed E-state index contributed by atoms with van der Waals surface area (Å²) >= 11 is 1.53. The Hall–Kier alpha value is -1.14. The van der Waals surface area contributed by atoms with E-state index < -0.39 is 5.41 Å². The molecule has 1 heterocycles. The molecule has 6 heteroatoms. The van der Waals surface area contributed by atoms with E-state index in [9.17, 15) is 4.79 Å². The number of carbonyl (C=O) groups is 1. The molecule has 0 saturated carbocycles. The van der Waals surface area contributed by atoms with Gasteiger partial charge in [-0.3, -0.25) is 4.79 Å². The molecule has 1 rings (SSSR count). The molecule has 120 valence electrons. The van der Waals surface area contributed by atoms with E-state index in [1.165, 1.54) is 11.3 Å². The number of rotatable bonds is 10. The van der Waals surface area contributed by atoms with Gasteiger partial charge in [0, 0.05) is 25.6 Å². The number of carbonyl (C=O) groups excluding carboxylic acids is 1. The lowest BCUT2D eigenvalue weighted by Crippen LogP contribution is -2.31. The predicted molar refractivity (Wildman–Crippen MR) is 86.0 cm³/mol. The van der Waals surface area contributed by atoms with Gasteiger partial charge in [0.1, 0.15) is 5.41 Å². The van der Waals surface area contributed by atoms with Crippen molar-refractivity contribution in [3.63, 3.8) is 0 Å². The first kappa shape index (κ1) is 17.9. The highest BCUT2D eigenvalue weighted by atomic mass is 32.1. The van der Waals surface area contributed by atoms with E-state index in [4.69, 9.17) is 9.47 Å². The van der Waals surface area contributed by atoms with Crippen molar-refractivity contribution in [3.05, 3.63) is 11.1 Å². The summed E-state index contributed by atoms with van der Waals surface area (Å²) < 4.78 is 10.1. The van der Waals surface area contributed by atoms with E-state index in [2.05, 4.69) is 10.3 Å². The summed E-state index contributed by atoms with van der Waals surface area (Å²) in [5, 5.41) is 6.08. The largest absolute Gasteiger partial charge is 0.465 e. The van der Waals surface area contributed by atoms with E-state index in [0.717, 1.165) is 43.2 Å². The van der Waals surface area contributed by atoms with Crippen LogP contribution >= 0.6 is 11.3 Å². The van der Waals surface area contributed by atoms with E-state index in [1.54, 1.807) is 7.11 Å². The van der Waals surface area contributed by atoms with Gasteiger partial charge in [-0.05, 0) is 40.0 Å². The van der Waals surface area contributed by atoms with Gasteiger partial charge in [0.25, 0.3) is 0 Å². The van der Waals surface area contributed by atoms with Crippen molar-refractivity contribution < 1.29 is 14.3 Å². The molecule has 0 saturated heterocycles. The molecule has 0 unspecified atom stereocenters. The number of hydrogen-bond acceptors (Lipinski definition) is 6. The van der Waals surface area contributed by atoms with Crippen LogP contribution < -0.4 is 5.32 Å². The molecule has 0 aliphatic heterocycles. The van der Waals surface area contributed by atoms with Gasteiger partial charge in [0.2, 0.25) is 0 Å². The topological polar surface area (TPSA) is 60.5 Å². The van der Waals surface area contributed by atoms with Gasteiger partial charge in [-0.25, -0.2) is 4.98 Å². The maximum atomic E-state index is 11.9. The molecule has 0 spiro atoms. The molecule has 0 fully saturated rings. The van der Waals surface area contributed by atoms with Gasteiger partial charge in [-0.1, -0.05) is 0 Å². The summed E-state index contributed by atoms with van der Waals surface area (Å²) in [4.78, 5) is 16.4. The second-order valence-electron chi connectivity index (χ2n) is 5.36. The second-order valence-corrected chi connectivity index (χ2v) is 6.22. The highest BCUT2D eigenvalue weighted by Crippen LogP contribution is 2.28. The monoisotopic (exact) mass is 314 g/mol. The van der Waals surface area contributed by atoms with Gasteiger partial charge >= 0.3 is 5.97 Å². The van der Waals surface area contributed by atoms with Crippen LogP contribution in [0.25, 0.3) is 0 Å². The molecule has 1 aromatic rings. The fraction of sp³-hybridized carbons (Fsp3) is 0.733. The zero-order valence-electron chi connectivity index (χ0n) is 13.4. The van der Waals surface area contributed by atoms with E-state index >= 15 is 0 Å². The van der Waals surface area contributed by atoms with Crippen molar-refractivity contribution in [2.75, 3.05) is 32.2 Å². The van der Waals surface area contributed by atoms with Crippen LogP contribution in [0.15, 0.2) is 5.38 Å². The molecular weight excluding hydrogens is 288 g/mol. The molecule has 0 atom stereocenters. The third-order valence-electron chi connectivity index (χ3n) is 3.23. The second kappa shape index (κ2) is 9.00. The molecule has 1 N–H and O–H groups in total. The van der Waals surface area contributed by atoms with Crippen molar-refractivity contribution in [1.29, 1.82) is 0 Å². The maximum Gasteiger partial charge on any atom is 0.317 e. The number of esters is 1. The Bertz CT molecular complexity index is 432. The average molecular weight is 314 g/mol. The van der Waals surface area contributed by atoms with E-state index in [0.29, 0.717) is 6.61 Å². The van der Waals surface area contributed by atoms with Crippen LogP contribution in [-0.2, 0) is 19.7 Å². The third kappa shape index (κ3) is 5.63. The lowest BCUT2D eigenvalue weighted by atomic mass is 9.90. The molecule has 0 aliphatic carbocycles. The Balaban J connectivity index is 2.43. The minimum absolute atomic E-state index is 0.235. The number of nitrogens with zero attached hydrogens (tertiary/aromatic N) is 1. The number of ether oxygens (including phenoxy) is 2. The van der Waals surface area contributed by atoms with Crippen molar-refractivity contribution in [2.45, 2.75) is 45.4 Å². The quantitative estimate of drug-likeness (QED) is 0.531. The Morgan fingerprint density at radius 1 is 1.38 bits per heavy atom. The van der Waals surface area contributed by atoms with Gasteiger partial charge in [0.05, 0.1) is 12.3 Å². The molecule has 5 nitrogen and oxygen atoms in total. The number of hydrogen-bond donors (Lipinski definition) is 1. The first-order valence-corrected chi connectivity index (χ1v) is 8.26. The Labute approximate surface area is 131 Å². The number of anilines is 1. The minimum atomic E-state index is -0.703. The molecule has 0 radical (unpaired) electrons. The highest BCUT2D eigenvalue weighted by molar-refractivity contribution is 7.13. The molecule has 0 bridgehead atoms. The van der Waals surface area contributed by atoms with Crippen LogP contribution in [-0.4, -0.2) is 37.8 Å². The van der Waals surface area contributed by atoms with Crippen LogP contribution in [0.5, 0.6) is 0 Å². The highest BCUT2D eigenvalue weighted by Gasteiger charge is 2.33. The molecule has 1 aromatic heterocycles. The standard InChI is InChI=1S/C15H26N2O3S/c1-5-20-13(18)15(2,3)12-11-21-14(17-12)16-9-7-6-8-10-19-4/h11H,5-10H2,1-4H3,(H,16,17). The van der Waals surface area contributed by atoms with Crippen LogP contribution in [0.4, 0.5) is 5.13 Å². The Kier molecular flexibility index (Phi) is 7.67. The number of methoxy groups -OCH3 is 1. The molecule has 0 amide bonds. The minimum Gasteiger partial charge on any atom is -0.465 e. The Morgan fingerprint density at radius 3 is 2.81 bits per heavy atom. The van der Waals surface area contributed by atoms with Crippen molar-refractivity contribution in [2.24, 2.45) is 0 Å². The normalized spacial score (nSPS) is 11.4. The molecular formula is C15H26N2O3S. The van der Waals surface area contributed by atoms with Crippen molar-refractivity contribution >= 4 is 22.4 Å². The van der Waals surface area contributed by atoms with Crippen LogP contribution in [0.3, 0.4) is 0 Å². The number of nitrogens with one attached hydrogen (secondary N) is 1. The summed E-state index contributed by atoms with van der Waals surface area (Å²) in [5.74, 6) is -0.235. The summed E-state index contributed by atoms with van der Waals surface area (Å²) in [6, 6.07) is 0. The molecule has 0 aliphatic rings. The van der Waals surface area contributed by atoms with Crippen LogP contribution in [0.2, 0.25) is 0 Å². The number of aromatic nitrogens is 1. The van der Waals surface area contributed by atoms with Gasteiger partial charge in [0.15, 0.2) is 5.13 Å². The predicted octanol–water partition coefficient (Wildman–Crippen LogP) is 3.21. The van der Waals surface area contributed by atoms with Gasteiger partial charge in [-0.15, -0.1) is 11.3 Å². The zero-order chi connectivity index (χ0) is 15.7. The summed E-state index contributed by atoms with van der Waals surface area (Å²) in [6.07, 6.45) is 3.30. The SMILES string of the molecule is CCOC(=O)C(C)(C)c1csc(NCCCCCOC)n1. The van der Waals surface area contributed by atoms with Gasteiger partial charge < -0.3 is 14.8 Å².